The molecule has 3 aromatic carbocycles. The number of rotatable bonds is 8. The molecular formula is C25H24Cl2N6O3S2. The Bertz CT molecular complexity index is 1570. The highest BCUT2D eigenvalue weighted by Crippen LogP contribution is 2.31. The topological polar surface area (TPSA) is 119 Å². The minimum absolute atomic E-state index is 0.00319. The fraction of sp³-hybridized carbons (Fsp3) is 0.200. The highest BCUT2D eigenvalue weighted by atomic mass is 35.5. The van der Waals surface area contributed by atoms with Crippen LogP contribution in [-0.4, -0.2) is 40.3 Å². The molecule has 0 aliphatic heterocycles. The smallest absolute Gasteiger partial charge is 0.261 e. The van der Waals surface area contributed by atoms with Crippen LogP contribution < -0.4 is 10.0 Å². The van der Waals surface area contributed by atoms with Crippen LogP contribution in [0.3, 0.4) is 0 Å². The number of hydrogen-bond acceptors (Lipinski definition) is 7. The lowest BCUT2D eigenvalue weighted by atomic mass is 9.87. The van der Waals surface area contributed by atoms with E-state index in [1.807, 2.05) is 18.2 Å². The molecule has 4 aromatic rings. The number of hydrogen-bond donors (Lipinski definition) is 2. The van der Waals surface area contributed by atoms with Gasteiger partial charge >= 0.3 is 0 Å². The Morgan fingerprint density at radius 1 is 1.00 bits per heavy atom. The lowest BCUT2D eigenvalue weighted by molar-refractivity contribution is -0.113. The van der Waals surface area contributed by atoms with Crippen LogP contribution in [0.5, 0.6) is 0 Å². The molecule has 0 saturated heterocycles. The van der Waals surface area contributed by atoms with Gasteiger partial charge in [-0.3, -0.25) is 9.52 Å². The number of anilines is 2. The van der Waals surface area contributed by atoms with Gasteiger partial charge < -0.3 is 5.32 Å². The van der Waals surface area contributed by atoms with Gasteiger partial charge in [0.15, 0.2) is 0 Å². The number of carbonyl (C=O) groups excluding carboxylic acids is 1. The van der Waals surface area contributed by atoms with E-state index < -0.39 is 10.0 Å². The molecule has 1 heterocycles. The van der Waals surface area contributed by atoms with E-state index in [9.17, 15) is 13.2 Å². The van der Waals surface area contributed by atoms with Gasteiger partial charge in [0.25, 0.3) is 10.0 Å². The van der Waals surface area contributed by atoms with Crippen LogP contribution in [0.15, 0.2) is 76.8 Å². The van der Waals surface area contributed by atoms with Crippen LogP contribution in [0.1, 0.15) is 26.3 Å². The number of halogens is 2. The Hall–Kier alpha value is -3.12. The number of nitrogens with zero attached hydrogens (tertiary/aromatic N) is 4. The summed E-state index contributed by atoms with van der Waals surface area (Å²) in [6.45, 7) is 6.29. The Kier molecular flexibility index (Phi) is 8.31. The van der Waals surface area contributed by atoms with Crippen LogP contribution in [0.25, 0.3) is 5.69 Å². The van der Waals surface area contributed by atoms with Gasteiger partial charge in [-0.15, -0.1) is 5.10 Å². The summed E-state index contributed by atoms with van der Waals surface area (Å²) in [5.41, 5.74) is 2.21. The molecule has 1 aromatic heterocycles. The minimum Gasteiger partial charge on any atom is -0.324 e. The van der Waals surface area contributed by atoms with Gasteiger partial charge in [-0.1, -0.05) is 80.0 Å². The Balaban J connectivity index is 1.40. The van der Waals surface area contributed by atoms with Crippen molar-refractivity contribution in [1.82, 2.24) is 20.2 Å². The largest absolute Gasteiger partial charge is 0.324 e. The number of tetrazole rings is 1. The predicted octanol–water partition coefficient (Wildman–Crippen LogP) is 5.80. The van der Waals surface area contributed by atoms with Gasteiger partial charge in [0.2, 0.25) is 11.1 Å². The molecule has 9 nitrogen and oxygen atoms in total. The fourth-order valence-corrected chi connectivity index (χ4v) is 5.62. The summed E-state index contributed by atoms with van der Waals surface area (Å²) in [5, 5.41) is 15.5. The first-order chi connectivity index (χ1) is 17.9. The molecule has 4 rings (SSSR count). The number of thioether (sulfide) groups is 1. The SMILES string of the molecule is CC(C)(C)c1ccc(-n2nnnc2SCC(=O)Nc2ccc(NS(=O)(=O)c3ccccc3)cc2Cl)c(Cl)c1. The lowest BCUT2D eigenvalue weighted by Gasteiger charge is -2.20. The van der Waals surface area contributed by atoms with Gasteiger partial charge in [0, 0.05) is 0 Å². The van der Waals surface area contributed by atoms with Crippen molar-refractivity contribution in [3.63, 3.8) is 0 Å². The monoisotopic (exact) mass is 590 g/mol. The second kappa shape index (κ2) is 11.3. The van der Waals surface area contributed by atoms with E-state index in [4.69, 9.17) is 23.2 Å². The van der Waals surface area contributed by atoms with Crippen molar-refractivity contribution in [2.75, 3.05) is 15.8 Å². The maximum Gasteiger partial charge on any atom is 0.261 e. The van der Waals surface area contributed by atoms with E-state index in [0.717, 1.165) is 17.3 Å². The second-order valence-electron chi connectivity index (χ2n) is 9.24. The van der Waals surface area contributed by atoms with E-state index in [2.05, 4.69) is 46.3 Å². The molecule has 13 heteroatoms. The first-order valence-corrected chi connectivity index (χ1v) is 14.6. The van der Waals surface area contributed by atoms with Crippen molar-refractivity contribution < 1.29 is 13.2 Å². The third-order valence-electron chi connectivity index (χ3n) is 5.36. The van der Waals surface area contributed by atoms with Crippen molar-refractivity contribution in [1.29, 1.82) is 0 Å². The third-order valence-corrected chi connectivity index (χ3v) is 8.30. The maximum absolute atomic E-state index is 12.6. The zero-order chi connectivity index (χ0) is 27.5. The third kappa shape index (κ3) is 6.65. The molecule has 0 aliphatic rings. The fourth-order valence-electron chi connectivity index (χ4n) is 3.38. The zero-order valence-corrected chi connectivity index (χ0v) is 23.8. The van der Waals surface area contributed by atoms with Crippen LogP contribution in [0, 0.1) is 0 Å². The second-order valence-corrected chi connectivity index (χ2v) is 12.7. The first kappa shape index (κ1) is 27.9. The Morgan fingerprint density at radius 2 is 1.74 bits per heavy atom. The molecule has 0 fully saturated rings. The van der Waals surface area contributed by atoms with Gasteiger partial charge in [0.1, 0.15) is 0 Å². The van der Waals surface area contributed by atoms with E-state index in [0.29, 0.717) is 21.6 Å². The van der Waals surface area contributed by atoms with E-state index in [1.54, 1.807) is 18.2 Å². The summed E-state index contributed by atoms with van der Waals surface area (Å²) in [7, 11) is -3.77. The summed E-state index contributed by atoms with van der Waals surface area (Å²) in [4.78, 5) is 12.7. The molecule has 0 unspecified atom stereocenters. The molecule has 0 radical (unpaired) electrons. The van der Waals surface area contributed by atoms with Crippen molar-refractivity contribution >= 4 is 62.3 Å². The number of benzene rings is 3. The Morgan fingerprint density at radius 3 is 2.39 bits per heavy atom. The normalized spacial score (nSPS) is 11.8. The lowest BCUT2D eigenvalue weighted by Crippen LogP contribution is -2.16. The molecule has 1 amide bonds. The predicted molar refractivity (Wildman–Crippen MR) is 151 cm³/mol. The molecule has 2 N–H and O–H groups in total. The zero-order valence-electron chi connectivity index (χ0n) is 20.6. The van der Waals surface area contributed by atoms with Crippen molar-refractivity contribution in [2.45, 2.75) is 36.2 Å². The first-order valence-electron chi connectivity index (χ1n) is 11.3. The standard InChI is InChI=1S/C25H24Cl2N6O3S2/c1-25(2,3)16-9-12-22(20(27)13-16)33-24(29-31-32-33)37-15-23(34)28-21-11-10-17(14-19(21)26)30-38(35,36)18-7-5-4-6-8-18/h4-14,30H,15H2,1-3H3,(H,28,34). The van der Waals surface area contributed by atoms with Crippen molar-refractivity contribution in [3.05, 3.63) is 82.3 Å². The van der Waals surface area contributed by atoms with Crippen LogP contribution >= 0.6 is 35.0 Å². The number of amides is 1. The molecular weight excluding hydrogens is 567 g/mol. The summed E-state index contributed by atoms with van der Waals surface area (Å²) in [6.07, 6.45) is 0. The van der Waals surface area contributed by atoms with Gasteiger partial charge in [0.05, 0.1) is 37.8 Å². The molecule has 0 bridgehead atoms. The van der Waals surface area contributed by atoms with E-state index in [1.165, 1.54) is 35.0 Å². The van der Waals surface area contributed by atoms with Crippen LogP contribution in [0.2, 0.25) is 10.0 Å². The molecule has 0 spiro atoms. The van der Waals surface area contributed by atoms with Gasteiger partial charge in [-0.2, -0.15) is 4.68 Å². The summed E-state index contributed by atoms with van der Waals surface area (Å²) in [6, 6.07) is 18.1. The summed E-state index contributed by atoms with van der Waals surface area (Å²) in [5.74, 6) is -0.352. The molecule has 198 valence electrons. The van der Waals surface area contributed by atoms with E-state index in [-0.39, 0.29) is 32.7 Å². The molecule has 38 heavy (non-hydrogen) atoms. The number of nitrogens with one attached hydrogen (secondary N) is 2. The van der Waals surface area contributed by atoms with Gasteiger partial charge in [-0.25, -0.2) is 8.42 Å². The number of carbonyl (C=O) groups is 1. The molecule has 0 atom stereocenters. The van der Waals surface area contributed by atoms with E-state index >= 15 is 0 Å². The van der Waals surface area contributed by atoms with Crippen molar-refractivity contribution in [3.8, 4) is 5.69 Å². The highest BCUT2D eigenvalue weighted by molar-refractivity contribution is 7.99. The van der Waals surface area contributed by atoms with Gasteiger partial charge in [-0.05, 0) is 63.9 Å². The summed E-state index contributed by atoms with van der Waals surface area (Å²) >= 11 is 13.9. The van der Waals surface area contributed by atoms with Crippen LogP contribution in [-0.2, 0) is 20.2 Å². The molecule has 0 saturated carbocycles. The van der Waals surface area contributed by atoms with Crippen molar-refractivity contribution in [2.24, 2.45) is 0 Å². The highest BCUT2D eigenvalue weighted by Gasteiger charge is 2.19. The molecule has 0 aliphatic carbocycles. The quantitative estimate of drug-likeness (QED) is 0.249. The average molecular weight is 592 g/mol. The average Bonchev–Trinajstić information content (AvgIpc) is 3.32. The Labute approximate surface area is 235 Å². The maximum atomic E-state index is 12.6. The summed E-state index contributed by atoms with van der Waals surface area (Å²) < 4.78 is 29.0. The number of sulfonamides is 1. The van der Waals surface area contributed by atoms with Crippen LogP contribution in [0.4, 0.5) is 11.4 Å². The number of aromatic nitrogens is 4. The minimum atomic E-state index is -3.77.